The van der Waals surface area contributed by atoms with Crippen LogP contribution in [-0.2, 0) is 0 Å². The number of pyridine rings is 1. The Balaban J connectivity index is 2.44. The Labute approximate surface area is 107 Å². The number of para-hydroxylation sites is 1. The fraction of sp³-hybridized carbons (Fsp3) is 0.0833. The fourth-order valence-corrected chi connectivity index (χ4v) is 1.91. The second-order valence-corrected chi connectivity index (χ2v) is 4.49. The molecule has 0 spiro atoms. The van der Waals surface area contributed by atoms with Crippen LogP contribution in [0.2, 0.25) is 0 Å². The number of aromatic nitrogens is 1. The lowest BCUT2D eigenvalue weighted by Crippen LogP contribution is -2.14. The number of anilines is 3. The van der Waals surface area contributed by atoms with Gasteiger partial charge in [-0.25, -0.2) is 9.37 Å². The van der Waals surface area contributed by atoms with E-state index in [1.54, 1.807) is 42.4 Å². The van der Waals surface area contributed by atoms with E-state index in [-0.39, 0.29) is 5.82 Å². The van der Waals surface area contributed by atoms with Gasteiger partial charge in [-0.2, -0.15) is 0 Å². The molecule has 0 aliphatic carbocycles. The number of rotatable bonds is 2. The van der Waals surface area contributed by atoms with Crippen molar-refractivity contribution in [1.82, 2.24) is 4.98 Å². The highest BCUT2D eigenvalue weighted by Gasteiger charge is 2.12. The van der Waals surface area contributed by atoms with Gasteiger partial charge < -0.3 is 10.6 Å². The van der Waals surface area contributed by atoms with Crippen molar-refractivity contribution in [3.05, 3.63) is 46.8 Å². The summed E-state index contributed by atoms with van der Waals surface area (Å²) in [6.45, 7) is 0. The predicted octanol–water partition coefficient (Wildman–Crippen LogP) is 3.33. The lowest BCUT2D eigenvalue weighted by atomic mass is 10.2. The molecule has 0 saturated carbocycles. The Morgan fingerprint density at radius 2 is 2.06 bits per heavy atom. The standard InChI is InChI=1S/C12H11BrFN3/c1-17(11-5-3-2-4-9(11)14)12-10(15)6-8(13)7-16-12/h2-7H,15H2,1H3. The van der Waals surface area contributed by atoms with Crippen molar-refractivity contribution in [2.24, 2.45) is 0 Å². The van der Waals surface area contributed by atoms with Gasteiger partial charge in [0.25, 0.3) is 0 Å². The monoisotopic (exact) mass is 295 g/mol. The predicted molar refractivity (Wildman–Crippen MR) is 70.8 cm³/mol. The molecule has 17 heavy (non-hydrogen) atoms. The molecule has 0 unspecified atom stereocenters. The maximum atomic E-state index is 13.6. The minimum absolute atomic E-state index is 0.306. The van der Waals surface area contributed by atoms with E-state index in [1.807, 2.05) is 0 Å². The van der Waals surface area contributed by atoms with Gasteiger partial charge in [-0.3, -0.25) is 0 Å². The maximum absolute atomic E-state index is 13.6. The lowest BCUT2D eigenvalue weighted by Gasteiger charge is -2.20. The van der Waals surface area contributed by atoms with E-state index in [0.29, 0.717) is 17.2 Å². The molecule has 5 heteroatoms. The van der Waals surface area contributed by atoms with Crippen LogP contribution < -0.4 is 10.6 Å². The summed E-state index contributed by atoms with van der Waals surface area (Å²) >= 11 is 3.28. The first-order chi connectivity index (χ1) is 8.09. The number of nitrogen functional groups attached to an aromatic ring is 1. The van der Waals surface area contributed by atoms with Crippen molar-refractivity contribution in [3.8, 4) is 0 Å². The van der Waals surface area contributed by atoms with Crippen LogP contribution in [0.25, 0.3) is 0 Å². The Bertz CT molecular complexity index is 545. The molecule has 1 aromatic carbocycles. The minimum Gasteiger partial charge on any atom is -0.396 e. The van der Waals surface area contributed by atoms with Gasteiger partial charge in [0, 0.05) is 17.7 Å². The number of halogens is 2. The topological polar surface area (TPSA) is 42.2 Å². The normalized spacial score (nSPS) is 10.3. The largest absolute Gasteiger partial charge is 0.396 e. The van der Waals surface area contributed by atoms with Crippen LogP contribution in [0, 0.1) is 5.82 Å². The van der Waals surface area contributed by atoms with E-state index in [1.165, 1.54) is 6.07 Å². The van der Waals surface area contributed by atoms with E-state index < -0.39 is 0 Å². The molecule has 2 rings (SSSR count). The molecule has 3 nitrogen and oxygen atoms in total. The molecule has 0 amide bonds. The van der Waals surface area contributed by atoms with Gasteiger partial charge in [0.1, 0.15) is 5.82 Å². The number of nitrogens with zero attached hydrogens (tertiary/aromatic N) is 2. The van der Waals surface area contributed by atoms with Gasteiger partial charge in [0.05, 0.1) is 11.4 Å². The molecule has 0 radical (unpaired) electrons. The molecule has 88 valence electrons. The Hall–Kier alpha value is -1.62. The zero-order chi connectivity index (χ0) is 12.4. The molecule has 1 aromatic heterocycles. The second-order valence-electron chi connectivity index (χ2n) is 3.58. The smallest absolute Gasteiger partial charge is 0.156 e. The lowest BCUT2D eigenvalue weighted by molar-refractivity contribution is 0.627. The summed E-state index contributed by atoms with van der Waals surface area (Å²) in [6, 6.07) is 8.23. The molecular weight excluding hydrogens is 285 g/mol. The van der Waals surface area contributed by atoms with E-state index in [0.717, 1.165) is 4.47 Å². The first-order valence-corrected chi connectivity index (χ1v) is 5.78. The van der Waals surface area contributed by atoms with Crippen LogP contribution in [0.3, 0.4) is 0 Å². The van der Waals surface area contributed by atoms with E-state index in [4.69, 9.17) is 5.73 Å². The third-order valence-corrected chi connectivity index (χ3v) is 2.83. The van der Waals surface area contributed by atoms with Gasteiger partial charge >= 0.3 is 0 Å². The first kappa shape index (κ1) is 11.9. The van der Waals surface area contributed by atoms with Crippen molar-refractivity contribution >= 4 is 33.1 Å². The van der Waals surface area contributed by atoms with Crippen molar-refractivity contribution < 1.29 is 4.39 Å². The molecule has 2 N–H and O–H groups in total. The Morgan fingerprint density at radius 1 is 1.35 bits per heavy atom. The highest BCUT2D eigenvalue weighted by Crippen LogP contribution is 2.29. The van der Waals surface area contributed by atoms with Crippen molar-refractivity contribution in [3.63, 3.8) is 0 Å². The van der Waals surface area contributed by atoms with E-state index in [2.05, 4.69) is 20.9 Å². The highest BCUT2D eigenvalue weighted by molar-refractivity contribution is 9.10. The molecule has 1 heterocycles. The van der Waals surface area contributed by atoms with Crippen LogP contribution in [0.15, 0.2) is 41.0 Å². The van der Waals surface area contributed by atoms with Crippen molar-refractivity contribution in [2.45, 2.75) is 0 Å². The average Bonchev–Trinajstić information content (AvgIpc) is 2.29. The van der Waals surface area contributed by atoms with Crippen molar-refractivity contribution in [1.29, 1.82) is 0 Å². The third-order valence-electron chi connectivity index (χ3n) is 2.39. The van der Waals surface area contributed by atoms with E-state index >= 15 is 0 Å². The summed E-state index contributed by atoms with van der Waals surface area (Å²) in [5, 5.41) is 0. The first-order valence-electron chi connectivity index (χ1n) is 4.99. The van der Waals surface area contributed by atoms with Crippen LogP contribution in [0.4, 0.5) is 21.6 Å². The Morgan fingerprint density at radius 3 is 2.71 bits per heavy atom. The van der Waals surface area contributed by atoms with E-state index in [9.17, 15) is 4.39 Å². The third kappa shape index (κ3) is 2.39. The minimum atomic E-state index is -0.306. The number of hydrogen-bond acceptors (Lipinski definition) is 3. The Kier molecular flexibility index (Phi) is 3.28. The summed E-state index contributed by atoms with van der Waals surface area (Å²) in [7, 11) is 1.73. The maximum Gasteiger partial charge on any atom is 0.156 e. The van der Waals surface area contributed by atoms with Crippen LogP contribution in [0.1, 0.15) is 0 Å². The van der Waals surface area contributed by atoms with Crippen LogP contribution in [-0.4, -0.2) is 12.0 Å². The quantitative estimate of drug-likeness (QED) is 0.924. The van der Waals surface area contributed by atoms with Gasteiger partial charge in [0.15, 0.2) is 5.82 Å². The van der Waals surface area contributed by atoms with Gasteiger partial charge in [-0.15, -0.1) is 0 Å². The summed E-state index contributed by atoms with van der Waals surface area (Å²) < 4.78 is 14.4. The molecule has 0 saturated heterocycles. The molecule has 0 bridgehead atoms. The molecule has 0 fully saturated rings. The SMILES string of the molecule is CN(c1ccccc1F)c1ncc(Br)cc1N. The number of benzene rings is 1. The average molecular weight is 296 g/mol. The molecule has 0 aliphatic heterocycles. The zero-order valence-electron chi connectivity index (χ0n) is 9.19. The highest BCUT2D eigenvalue weighted by atomic mass is 79.9. The van der Waals surface area contributed by atoms with Crippen LogP contribution >= 0.6 is 15.9 Å². The molecule has 0 aliphatic rings. The number of nitrogens with two attached hydrogens (primary N) is 1. The fourth-order valence-electron chi connectivity index (χ4n) is 1.57. The second kappa shape index (κ2) is 4.71. The van der Waals surface area contributed by atoms with Crippen LogP contribution in [0.5, 0.6) is 0 Å². The molecular formula is C12H11BrFN3. The summed E-state index contributed by atoms with van der Waals surface area (Å²) in [5.41, 5.74) is 6.78. The summed E-state index contributed by atoms with van der Waals surface area (Å²) in [6.07, 6.45) is 1.63. The van der Waals surface area contributed by atoms with Crippen molar-refractivity contribution in [2.75, 3.05) is 17.7 Å². The molecule has 0 atom stereocenters. The zero-order valence-corrected chi connectivity index (χ0v) is 10.8. The summed E-state index contributed by atoms with van der Waals surface area (Å²) in [5.74, 6) is 0.220. The molecule has 2 aromatic rings. The number of hydrogen-bond donors (Lipinski definition) is 1. The summed E-state index contributed by atoms with van der Waals surface area (Å²) in [4.78, 5) is 5.80. The van der Waals surface area contributed by atoms with Gasteiger partial charge in [0.2, 0.25) is 0 Å². The van der Waals surface area contributed by atoms with Gasteiger partial charge in [-0.05, 0) is 34.1 Å². The van der Waals surface area contributed by atoms with Gasteiger partial charge in [-0.1, -0.05) is 12.1 Å².